The Balaban J connectivity index is 2.27. The van der Waals surface area contributed by atoms with E-state index in [9.17, 15) is 9.18 Å². The van der Waals surface area contributed by atoms with Gasteiger partial charge in [-0.1, -0.05) is 6.07 Å². The average Bonchev–Trinajstić information content (AvgIpc) is 2.37. The van der Waals surface area contributed by atoms with Crippen molar-refractivity contribution in [1.82, 2.24) is 10.2 Å². The first kappa shape index (κ1) is 17.6. The van der Waals surface area contributed by atoms with Gasteiger partial charge in [0.05, 0.1) is 6.54 Å². The summed E-state index contributed by atoms with van der Waals surface area (Å²) >= 11 is 0. The van der Waals surface area contributed by atoms with Crippen LogP contribution >= 0.6 is 0 Å². The Morgan fingerprint density at radius 2 is 1.90 bits per heavy atom. The third-order valence-corrected chi connectivity index (χ3v) is 3.27. The van der Waals surface area contributed by atoms with E-state index >= 15 is 0 Å². The fourth-order valence-corrected chi connectivity index (χ4v) is 2.29. The molecule has 0 aromatic heterocycles. The molecule has 0 fully saturated rings. The van der Waals surface area contributed by atoms with Crippen LogP contribution in [0.1, 0.15) is 27.7 Å². The summed E-state index contributed by atoms with van der Waals surface area (Å²) in [6, 6.07) is 6.85. The summed E-state index contributed by atoms with van der Waals surface area (Å²) in [7, 11) is 0. The van der Waals surface area contributed by atoms with Gasteiger partial charge in [0.1, 0.15) is 5.82 Å². The van der Waals surface area contributed by atoms with Gasteiger partial charge >= 0.3 is 0 Å². The van der Waals surface area contributed by atoms with Crippen molar-refractivity contribution in [1.29, 1.82) is 0 Å². The Morgan fingerprint density at radius 1 is 1.24 bits per heavy atom. The highest BCUT2D eigenvalue weighted by molar-refractivity contribution is 5.92. The van der Waals surface area contributed by atoms with Crippen LogP contribution in [0.4, 0.5) is 10.1 Å². The van der Waals surface area contributed by atoms with E-state index in [0.717, 1.165) is 13.1 Å². The maximum Gasteiger partial charge on any atom is 0.238 e. The number of halogens is 1. The number of rotatable bonds is 8. The second-order valence-electron chi connectivity index (χ2n) is 5.66. The quantitative estimate of drug-likeness (QED) is 0.724. The van der Waals surface area contributed by atoms with Gasteiger partial charge in [0, 0.05) is 30.9 Å². The van der Waals surface area contributed by atoms with Gasteiger partial charge in [0.25, 0.3) is 0 Å². The summed E-state index contributed by atoms with van der Waals surface area (Å²) < 4.78 is 13.0. The number of nitrogens with one attached hydrogen (secondary N) is 2. The van der Waals surface area contributed by atoms with Gasteiger partial charge in [0.15, 0.2) is 0 Å². The third kappa shape index (κ3) is 6.69. The molecule has 5 heteroatoms. The van der Waals surface area contributed by atoms with Crippen molar-refractivity contribution in [2.24, 2.45) is 0 Å². The zero-order valence-corrected chi connectivity index (χ0v) is 13.3. The smallest absolute Gasteiger partial charge is 0.238 e. The van der Waals surface area contributed by atoms with Crippen LogP contribution in [-0.4, -0.2) is 42.5 Å². The van der Waals surface area contributed by atoms with E-state index in [0.29, 0.717) is 17.8 Å². The molecule has 0 saturated carbocycles. The summed E-state index contributed by atoms with van der Waals surface area (Å²) in [6.45, 7) is 10.5. The molecular formula is C16H26FN3O. The van der Waals surface area contributed by atoms with Crippen LogP contribution in [0, 0.1) is 5.82 Å². The monoisotopic (exact) mass is 295 g/mol. The number of hydrogen-bond donors (Lipinski definition) is 2. The highest BCUT2D eigenvalue weighted by atomic mass is 19.1. The summed E-state index contributed by atoms with van der Waals surface area (Å²) in [6.07, 6.45) is 0. The minimum atomic E-state index is -0.356. The second kappa shape index (κ2) is 8.74. The number of amides is 1. The standard InChI is InChI=1S/C16H26FN3O/c1-12(2)20(13(3)4)9-8-18-11-16(21)19-15-7-5-6-14(17)10-15/h5-7,10,12-13,18H,8-9,11H2,1-4H3,(H,19,21). The molecule has 0 spiro atoms. The van der Waals surface area contributed by atoms with Crippen molar-refractivity contribution >= 4 is 11.6 Å². The Labute approximate surface area is 126 Å². The molecule has 0 bridgehead atoms. The van der Waals surface area contributed by atoms with Gasteiger partial charge in [-0.15, -0.1) is 0 Å². The lowest BCUT2D eigenvalue weighted by Gasteiger charge is -2.30. The Bertz CT molecular complexity index is 441. The highest BCUT2D eigenvalue weighted by Gasteiger charge is 2.12. The van der Waals surface area contributed by atoms with Gasteiger partial charge < -0.3 is 10.6 Å². The first-order valence-electron chi connectivity index (χ1n) is 7.42. The average molecular weight is 295 g/mol. The molecule has 4 nitrogen and oxygen atoms in total. The highest BCUT2D eigenvalue weighted by Crippen LogP contribution is 2.08. The molecule has 0 unspecified atom stereocenters. The Morgan fingerprint density at radius 3 is 2.48 bits per heavy atom. The van der Waals surface area contributed by atoms with Crippen LogP contribution in [0.2, 0.25) is 0 Å². The molecule has 0 heterocycles. The first-order chi connectivity index (χ1) is 9.90. The van der Waals surface area contributed by atoms with Crippen molar-refractivity contribution in [3.05, 3.63) is 30.1 Å². The SMILES string of the molecule is CC(C)N(CCNCC(=O)Nc1cccc(F)c1)C(C)C. The molecular weight excluding hydrogens is 269 g/mol. The predicted octanol–water partition coefficient (Wildman–Crippen LogP) is 2.47. The zero-order valence-electron chi connectivity index (χ0n) is 13.3. The summed E-state index contributed by atoms with van der Waals surface area (Å²) in [5.41, 5.74) is 0.479. The third-order valence-electron chi connectivity index (χ3n) is 3.27. The van der Waals surface area contributed by atoms with E-state index in [1.165, 1.54) is 12.1 Å². The van der Waals surface area contributed by atoms with Crippen LogP contribution < -0.4 is 10.6 Å². The molecule has 0 radical (unpaired) electrons. The summed E-state index contributed by atoms with van der Waals surface area (Å²) in [5, 5.41) is 5.77. The molecule has 21 heavy (non-hydrogen) atoms. The maximum absolute atomic E-state index is 13.0. The lowest BCUT2D eigenvalue weighted by Crippen LogP contribution is -2.42. The van der Waals surface area contributed by atoms with Crippen molar-refractivity contribution in [3.63, 3.8) is 0 Å². The van der Waals surface area contributed by atoms with E-state index < -0.39 is 0 Å². The Kier molecular flexibility index (Phi) is 7.32. The molecule has 0 saturated heterocycles. The van der Waals surface area contributed by atoms with Crippen LogP contribution in [0.5, 0.6) is 0 Å². The van der Waals surface area contributed by atoms with Crippen LogP contribution in [-0.2, 0) is 4.79 Å². The lowest BCUT2D eigenvalue weighted by molar-refractivity contribution is -0.115. The lowest BCUT2D eigenvalue weighted by atomic mass is 10.2. The number of anilines is 1. The molecule has 1 amide bonds. The van der Waals surface area contributed by atoms with E-state index in [1.807, 2.05) is 0 Å². The maximum atomic E-state index is 13.0. The summed E-state index contributed by atoms with van der Waals surface area (Å²) in [4.78, 5) is 14.1. The van der Waals surface area contributed by atoms with Crippen LogP contribution in [0.15, 0.2) is 24.3 Å². The number of nitrogens with zero attached hydrogens (tertiary/aromatic N) is 1. The van der Waals surface area contributed by atoms with Crippen molar-refractivity contribution < 1.29 is 9.18 Å². The minimum Gasteiger partial charge on any atom is -0.325 e. The van der Waals surface area contributed by atoms with Crippen molar-refractivity contribution in [2.75, 3.05) is 25.0 Å². The minimum absolute atomic E-state index is 0.166. The molecule has 0 aliphatic rings. The number of carbonyl (C=O) groups is 1. The van der Waals surface area contributed by atoms with Gasteiger partial charge in [-0.25, -0.2) is 4.39 Å². The summed E-state index contributed by atoms with van der Waals surface area (Å²) in [5.74, 6) is -0.522. The fraction of sp³-hybridized carbons (Fsp3) is 0.562. The van der Waals surface area contributed by atoms with Crippen LogP contribution in [0.3, 0.4) is 0 Å². The van der Waals surface area contributed by atoms with Crippen molar-refractivity contribution in [3.8, 4) is 0 Å². The first-order valence-corrected chi connectivity index (χ1v) is 7.42. The molecule has 2 N–H and O–H groups in total. The molecule has 1 aromatic carbocycles. The van der Waals surface area contributed by atoms with Gasteiger partial charge in [-0.2, -0.15) is 0 Å². The van der Waals surface area contributed by atoms with E-state index in [-0.39, 0.29) is 18.3 Å². The molecule has 1 rings (SSSR count). The normalized spacial score (nSPS) is 11.4. The predicted molar refractivity (Wildman–Crippen MR) is 84.9 cm³/mol. The molecule has 118 valence electrons. The number of hydrogen-bond acceptors (Lipinski definition) is 3. The van der Waals surface area contributed by atoms with Gasteiger partial charge in [-0.3, -0.25) is 9.69 Å². The van der Waals surface area contributed by atoms with E-state index in [1.54, 1.807) is 12.1 Å². The zero-order chi connectivity index (χ0) is 15.8. The van der Waals surface area contributed by atoms with Crippen molar-refractivity contribution in [2.45, 2.75) is 39.8 Å². The van der Waals surface area contributed by atoms with Gasteiger partial charge in [0.2, 0.25) is 5.91 Å². The number of benzene rings is 1. The Hall–Kier alpha value is -1.46. The number of carbonyl (C=O) groups excluding carboxylic acids is 1. The fourth-order valence-electron chi connectivity index (χ4n) is 2.29. The second-order valence-corrected chi connectivity index (χ2v) is 5.66. The van der Waals surface area contributed by atoms with E-state index in [2.05, 4.69) is 43.2 Å². The van der Waals surface area contributed by atoms with E-state index in [4.69, 9.17) is 0 Å². The van der Waals surface area contributed by atoms with Crippen LogP contribution in [0.25, 0.3) is 0 Å². The molecule has 0 aliphatic carbocycles. The molecule has 0 atom stereocenters. The largest absolute Gasteiger partial charge is 0.325 e. The topological polar surface area (TPSA) is 44.4 Å². The molecule has 0 aliphatic heterocycles. The molecule has 1 aromatic rings. The van der Waals surface area contributed by atoms with Gasteiger partial charge in [-0.05, 0) is 45.9 Å².